The summed E-state index contributed by atoms with van der Waals surface area (Å²) in [6.07, 6.45) is -12.2. The summed E-state index contributed by atoms with van der Waals surface area (Å²) in [6.45, 7) is -1.65. The molecule has 1 heterocycles. The third-order valence-corrected chi connectivity index (χ3v) is 7.42. The van der Waals surface area contributed by atoms with E-state index >= 15 is 0 Å². The number of alkyl halides is 6. The molecular formula is C22H22F6O10S2. The molecule has 0 aromatic heterocycles. The van der Waals surface area contributed by atoms with Gasteiger partial charge in [-0.2, -0.15) is 43.2 Å². The third-order valence-electron chi connectivity index (χ3n) is 5.33. The maximum absolute atomic E-state index is 13.2. The Balaban J connectivity index is 1.98. The first-order valence-corrected chi connectivity index (χ1v) is 13.9. The molecule has 2 aromatic rings. The largest absolute Gasteiger partial charge is 0.523 e. The fourth-order valence-corrected chi connectivity index (χ4v) is 4.72. The number of ether oxygens (including phenoxy) is 3. The summed E-state index contributed by atoms with van der Waals surface area (Å²) < 4.78 is 151. The second kappa shape index (κ2) is 12.7. The van der Waals surface area contributed by atoms with Crippen LogP contribution in [0.3, 0.4) is 0 Å². The van der Waals surface area contributed by atoms with E-state index < -0.39 is 75.2 Å². The second-order valence-electron chi connectivity index (χ2n) is 8.25. The monoisotopic (exact) mass is 624 g/mol. The number of aliphatic hydroxyl groups excluding tert-OH is 1. The van der Waals surface area contributed by atoms with Crippen LogP contribution in [0, 0.1) is 0 Å². The number of hydrogen-bond donors (Lipinski definition) is 1. The minimum Gasteiger partial charge on any atom is -0.374 e. The molecule has 0 amide bonds. The van der Waals surface area contributed by atoms with E-state index in [2.05, 4.69) is 8.37 Å². The minimum absolute atomic E-state index is 0.240. The van der Waals surface area contributed by atoms with Gasteiger partial charge in [-0.3, -0.25) is 8.37 Å². The minimum atomic E-state index is -6.59. The molecular weight excluding hydrogens is 602 g/mol. The van der Waals surface area contributed by atoms with Crippen molar-refractivity contribution in [1.82, 2.24) is 0 Å². The highest BCUT2D eigenvalue weighted by Gasteiger charge is 2.59. The van der Waals surface area contributed by atoms with Gasteiger partial charge in [0.1, 0.15) is 24.4 Å². The van der Waals surface area contributed by atoms with Crippen LogP contribution < -0.4 is 0 Å². The molecule has 5 atom stereocenters. The summed E-state index contributed by atoms with van der Waals surface area (Å²) in [4.78, 5) is 0. The van der Waals surface area contributed by atoms with Crippen LogP contribution in [-0.4, -0.2) is 70.3 Å². The van der Waals surface area contributed by atoms with Crippen molar-refractivity contribution in [3.8, 4) is 0 Å². The molecule has 0 bridgehead atoms. The summed E-state index contributed by atoms with van der Waals surface area (Å²) in [5.74, 6) is 0. The molecule has 1 aliphatic rings. The first-order valence-electron chi connectivity index (χ1n) is 11.1. The van der Waals surface area contributed by atoms with Crippen LogP contribution in [0.2, 0.25) is 0 Å². The molecule has 40 heavy (non-hydrogen) atoms. The molecule has 3 rings (SSSR count). The SMILES string of the molecule is O=S(=O)(O[C@@H]1[C@@H](OCc2ccccc2)[C@@H](O)O[C@H](COCc2ccccc2)[C@@H]1OS(=O)(=O)C(F)(F)F)C(F)(F)F. The number of aliphatic hydroxyl groups is 1. The van der Waals surface area contributed by atoms with Crippen LogP contribution in [0.4, 0.5) is 26.3 Å². The number of hydrogen-bond acceptors (Lipinski definition) is 10. The van der Waals surface area contributed by atoms with Crippen molar-refractivity contribution in [2.24, 2.45) is 0 Å². The van der Waals surface area contributed by atoms with Crippen LogP contribution in [0.1, 0.15) is 11.1 Å². The van der Waals surface area contributed by atoms with Gasteiger partial charge in [-0.05, 0) is 11.1 Å². The number of halogens is 6. The van der Waals surface area contributed by atoms with E-state index in [-0.39, 0.29) is 6.61 Å². The molecule has 1 N–H and O–H groups in total. The number of benzene rings is 2. The van der Waals surface area contributed by atoms with E-state index in [4.69, 9.17) is 14.2 Å². The van der Waals surface area contributed by atoms with Crippen LogP contribution >= 0.6 is 0 Å². The van der Waals surface area contributed by atoms with E-state index in [1.54, 1.807) is 36.4 Å². The summed E-state index contributed by atoms with van der Waals surface area (Å²) in [6, 6.07) is 15.6. The van der Waals surface area contributed by atoms with Gasteiger partial charge in [0, 0.05) is 0 Å². The Morgan fingerprint density at radius 3 is 1.62 bits per heavy atom. The summed E-state index contributed by atoms with van der Waals surface area (Å²) in [5, 5.41) is 10.5. The van der Waals surface area contributed by atoms with Crippen molar-refractivity contribution >= 4 is 20.2 Å². The molecule has 0 saturated carbocycles. The zero-order valence-corrected chi connectivity index (χ0v) is 21.6. The van der Waals surface area contributed by atoms with E-state index in [9.17, 15) is 48.3 Å². The highest BCUT2D eigenvalue weighted by atomic mass is 32.2. The predicted molar refractivity (Wildman–Crippen MR) is 122 cm³/mol. The smallest absolute Gasteiger partial charge is 0.374 e. The highest BCUT2D eigenvalue weighted by Crippen LogP contribution is 2.36. The van der Waals surface area contributed by atoms with Gasteiger partial charge in [-0.15, -0.1) is 0 Å². The lowest BCUT2D eigenvalue weighted by Crippen LogP contribution is -2.62. The van der Waals surface area contributed by atoms with E-state index in [1.807, 2.05) is 0 Å². The zero-order chi connectivity index (χ0) is 29.8. The van der Waals surface area contributed by atoms with E-state index in [0.29, 0.717) is 11.1 Å². The molecule has 0 spiro atoms. The Morgan fingerprint density at radius 1 is 0.700 bits per heavy atom. The molecule has 1 fully saturated rings. The van der Waals surface area contributed by atoms with E-state index in [0.717, 1.165) is 0 Å². The molecule has 18 heteroatoms. The van der Waals surface area contributed by atoms with Crippen LogP contribution in [0.25, 0.3) is 0 Å². The Labute approximate surface area is 224 Å². The van der Waals surface area contributed by atoms with Crippen molar-refractivity contribution in [2.75, 3.05) is 6.61 Å². The Kier molecular flexibility index (Phi) is 10.2. The molecule has 0 radical (unpaired) electrons. The highest BCUT2D eigenvalue weighted by molar-refractivity contribution is 7.88. The van der Waals surface area contributed by atoms with Gasteiger partial charge in [-0.1, -0.05) is 60.7 Å². The Bertz CT molecular complexity index is 1310. The van der Waals surface area contributed by atoms with Crippen LogP contribution in [0.5, 0.6) is 0 Å². The zero-order valence-electron chi connectivity index (χ0n) is 20.0. The van der Waals surface area contributed by atoms with Crippen LogP contribution in [0.15, 0.2) is 60.7 Å². The normalized spacial score (nSPS) is 24.6. The van der Waals surface area contributed by atoms with E-state index in [1.165, 1.54) is 24.3 Å². The maximum atomic E-state index is 13.2. The first-order chi connectivity index (χ1) is 18.5. The fraction of sp³-hybridized carbons (Fsp3) is 0.455. The van der Waals surface area contributed by atoms with Gasteiger partial charge in [0.25, 0.3) is 0 Å². The average Bonchev–Trinajstić information content (AvgIpc) is 2.85. The molecule has 1 aliphatic heterocycles. The van der Waals surface area contributed by atoms with Crippen LogP contribution in [-0.2, 0) is 56.0 Å². The topological polar surface area (TPSA) is 135 Å². The molecule has 10 nitrogen and oxygen atoms in total. The summed E-state index contributed by atoms with van der Waals surface area (Å²) in [7, 11) is -13.2. The lowest BCUT2D eigenvalue weighted by molar-refractivity contribution is -0.292. The van der Waals surface area contributed by atoms with Crippen molar-refractivity contribution < 1.29 is 70.9 Å². The summed E-state index contributed by atoms with van der Waals surface area (Å²) in [5.41, 5.74) is -11.3. The van der Waals surface area contributed by atoms with Crippen molar-refractivity contribution in [3.63, 3.8) is 0 Å². The summed E-state index contributed by atoms with van der Waals surface area (Å²) >= 11 is 0. The van der Waals surface area contributed by atoms with Gasteiger partial charge >= 0.3 is 31.3 Å². The number of rotatable bonds is 11. The van der Waals surface area contributed by atoms with Gasteiger partial charge in [0.15, 0.2) is 6.29 Å². The molecule has 0 aliphatic carbocycles. The van der Waals surface area contributed by atoms with Crippen molar-refractivity contribution in [3.05, 3.63) is 71.8 Å². The molecule has 2 aromatic carbocycles. The Hall–Kier alpha value is -2.32. The third kappa shape index (κ3) is 8.12. The quantitative estimate of drug-likeness (QED) is 0.226. The average molecular weight is 625 g/mol. The lowest BCUT2D eigenvalue weighted by atomic mass is 9.99. The fourth-order valence-electron chi connectivity index (χ4n) is 3.47. The van der Waals surface area contributed by atoms with Gasteiger partial charge in [-0.25, -0.2) is 0 Å². The first kappa shape index (κ1) is 32.2. The van der Waals surface area contributed by atoms with Gasteiger partial charge in [0.05, 0.1) is 19.8 Å². The second-order valence-corrected chi connectivity index (χ2v) is 11.4. The molecule has 224 valence electrons. The van der Waals surface area contributed by atoms with Gasteiger partial charge < -0.3 is 19.3 Å². The predicted octanol–water partition coefficient (Wildman–Crippen LogP) is 2.98. The standard InChI is InChI=1S/C22H22F6O10S2/c23-21(24,25)39(30,31)37-17-16(13-34-11-14-7-3-1-4-8-14)36-20(29)19(35-12-15-9-5-2-6-10-15)18(17)38-40(32,33)22(26,27)28/h1-10,16-20,29H,11-13H2/t16-,17+,18+,19-,20+/m1/s1. The van der Waals surface area contributed by atoms with Crippen molar-refractivity contribution in [2.45, 2.75) is 54.9 Å². The van der Waals surface area contributed by atoms with Crippen molar-refractivity contribution in [1.29, 1.82) is 0 Å². The molecule has 0 unspecified atom stereocenters. The van der Waals surface area contributed by atoms with Gasteiger partial charge in [0.2, 0.25) is 0 Å². The maximum Gasteiger partial charge on any atom is 0.523 e. The lowest BCUT2D eigenvalue weighted by Gasteiger charge is -2.43. The molecule has 1 saturated heterocycles. The Morgan fingerprint density at radius 2 is 1.15 bits per heavy atom.